The average molecular weight is 546 g/mol. The van der Waals surface area contributed by atoms with Gasteiger partial charge in [0, 0.05) is 56.5 Å². The van der Waals surface area contributed by atoms with E-state index >= 15 is 0 Å². The van der Waals surface area contributed by atoms with E-state index in [4.69, 9.17) is 4.74 Å². The number of sulfonamides is 1. The third-order valence-corrected chi connectivity index (χ3v) is 8.56. The van der Waals surface area contributed by atoms with Gasteiger partial charge in [-0.2, -0.15) is 0 Å². The molecule has 33 heavy (non-hydrogen) atoms. The second-order valence-electron chi connectivity index (χ2n) is 9.75. The molecule has 0 saturated carbocycles. The monoisotopic (exact) mass is 544 g/mol. The van der Waals surface area contributed by atoms with Crippen molar-refractivity contribution in [2.24, 2.45) is 0 Å². The third-order valence-electron chi connectivity index (χ3n) is 5.79. The zero-order valence-electron chi connectivity index (χ0n) is 20.1. The van der Waals surface area contributed by atoms with E-state index in [-0.39, 0.29) is 29.5 Å². The molecule has 9 nitrogen and oxygen atoms in total. The first kappa shape index (κ1) is 25.9. The van der Waals surface area contributed by atoms with Crippen LogP contribution in [0.4, 0.5) is 10.5 Å². The van der Waals surface area contributed by atoms with Gasteiger partial charge >= 0.3 is 6.09 Å². The fourth-order valence-corrected chi connectivity index (χ4v) is 6.05. The number of carbonyl (C=O) groups excluding carboxylic acids is 2. The van der Waals surface area contributed by atoms with Crippen LogP contribution in [0.1, 0.15) is 33.3 Å². The molecular weight excluding hydrogens is 512 g/mol. The minimum absolute atomic E-state index is 0.0813. The van der Waals surface area contributed by atoms with E-state index in [1.807, 2.05) is 32.6 Å². The summed E-state index contributed by atoms with van der Waals surface area (Å²) in [6.45, 7) is 9.80. The van der Waals surface area contributed by atoms with Gasteiger partial charge in [-0.3, -0.25) is 9.69 Å². The minimum atomic E-state index is -3.65. The van der Waals surface area contributed by atoms with Gasteiger partial charge in [-0.15, -0.1) is 0 Å². The Morgan fingerprint density at radius 2 is 1.85 bits per heavy atom. The van der Waals surface area contributed by atoms with Crippen LogP contribution in [0.3, 0.4) is 0 Å². The molecule has 0 spiro atoms. The van der Waals surface area contributed by atoms with Crippen molar-refractivity contribution in [1.82, 2.24) is 14.1 Å². The molecule has 2 heterocycles. The van der Waals surface area contributed by atoms with Crippen molar-refractivity contribution >= 4 is 43.6 Å². The molecule has 0 unspecified atom stereocenters. The van der Waals surface area contributed by atoms with E-state index in [2.05, 4.69) is 15.9 Å². The lowest BCUT2D eigenvalue weighted by atomic mass is 10.1. The molecule has 184 valence electrons. The van der Waals surface area contributed by atoms with E-state index in [1.54, 1.807) is 21.9 Å². The molecule has 1 saturated heterocycles. The highest BCUT2D eigenvalue weighted by atomic mass is 79.9. The lowest BCUT2D eigenvalue weighted by Gasteiger charge is -2.40. The van der Waals surface area contributed by atoms with Crippen LogP contribution in [-0.4, -0.2) is 93.0 Å². The molecule has 0 bridgehead atoms. The summed E-state index contributed by atoms with van der Waals surface area (Å²) in [5.41, 5.74) is 1.03. The largest absolute Gasteiger partial charge is 0.444 e. The summed E-state index contributed by atoms with van der Waals surface area (Å²) in [4.78, 5) is 31.2. The van der Waals surface area contributed by atoms with Crippen molar-refractivity contribution in [1.29, 1.82) is 0 Å². The third kappa shape index (κ3) is 5.70. The molecule has 1 aromatic carbocycles. The SMILES string of the molecule is C[C@@H]1CN(CC(=O)N2CCc3cc(Br)c(S(=O)(=O)N(C)C)cc32)CCN1C(=O)OC(C)(C)C. The molecule has 2 aliphatic heterocycles. The van der Waals surface area contributed by atoms with Crippen LogP contribution in [-0.2, 0) is 26.0 Å². The molecule has 0 aromatic heterocycles. The predicted octanol–water partition coefficient (Wildman–Crippen LogP) is 2.53. The normalized spacial score (nSPS) is 19.7. The van der Waals surface area contributed by atoms with Gasteiger partial charge in [-0.25, -0.2) is 17.5 Å². The van der Waals surface area contributed by atoms with Crippen molar-refractivity contribution in [3.05, 3.63) is 22.2 Å². The topological polar surface area (TPSA) is 90.5 Å². The number of benzene rings is 1. The van der Waals surface area contributed by atoms with Gasteiger partial charge in [0.1, 0.15) is 5.60 Å². The number of carbonyl (C=O) groups is 2. The fraction of sp³-hybridized carbons (Fsp3) is 0.636. The molecular formula is C22H33BrN4O5S. The van der Waals surface area contributed by atoms with Gasteiger partial charge in [0.25, 0.3) is 0 Å². The summed E-state index contributed by atoms with van der Waals surface area (Å²) in [7, 11) is -0.687. The van der Waals surface area contributed by atoms with Crippen LogP contribution in [0.25, 0.3) is 0 Å². The molecule has 2 amide bonds. The average Bonchev–Trinajstić information content (AvgIpc) is 3.08. The first-order valence-electron chi connectivity index (χ1n) is 11.0. The van der Waals surface area contributed by atoms with Crippen molar-refractivity contribution in [3.63, 3.8) is 0 Å². The lowest BCUT2D eigenvalue weighted by Crippen LogP contribution is -2.56. The Morgan fingerprint density at radius 3 is 2.42 bits per heavy atom. The van der Waals surface area contributed by atoms with Gasteiger partial charge in [0.15, 0.2) is 0 Å². The Labute approximate surface area is 204 Å². The summed E-state index contributed by atoms with van der Waals surface area (Å²) >= 11 is 3.37. The second-order valence-corrected chi connectivity index (χ2v) is 12.7. The highest BCUT2D eigenvalue weighted by molar-refractivity contribution is 9.10. The highest BCUT2D eigenvalue weighted by Crippen LogP contribution is 2.36. The standard InChI is InChI=1S/C22H33BrN4O5S/c1-15-13-25(9-10-26(15)21(29)32-22(2,3)4)14-20(28)27-8-7-16-11-17(23)19(12-18(16)27)33(30,31)24(5)6/h11-12,15H,7-10,13-14H2,1-6H3/t15-/m1/s1. The van der Waals surface area contributed by atoms with Crippen LogP contribution in [0, 0.1) is 0 Å². The first-order valence-corrected chi connectivity index (χ1v) is 13.2. The molecule has 2 aliphatic rings. The number of halogens is 1. The van der Waals surface area contributed by atoms with Gasteiger partial charge in [-0.1, -0.05) is 0 Å². The Bertz CT molecular complexity index is 1040. The van der Waals surface area contributed by atoms with Gasteiger partial charge in [0.05, 0.1) is 11.4 Å². The van der Waals surface area contributed by atoms with E-state index in [0.717, 1.165) is 9.87 Å². The summed E-state index contributed by atoms with van der Waals surface area (Å²) < 4.78 is 32.5. The van der Waals surface area contributed by atoms with E-state index in [0.29, 0.717) is 42.8 Å². The first-order chi connectivity index (χ1) is 15.2. The number of hydrogen-bond acceptors (Lipinski definition) is 6. The Balaban J connectivity index is 1.70. The number of ether oxygens (including phenoxy) is 1. The molecule has 0 radical (unpaired) electrons. The van der Waals surface area contributed by atoms with Crippen LogP contribution in [0.5, 0.6) is 0 Å². The zero-order valence-corrected chi connectivity index (χ0v) is 22.5. The zero-order chi connectivity index (χ0) is 24.7. The summed E-state index contributed by atoms with van der Waals surface area (Å²) in [5.74, 6) is -0.0813. The lowest BCUT2D eigenvalue weighted by molar-refractivity contribution is -0.120. The van der Waals surface area contributed by atoms with Crippen molar-refractivity contribution in [2.75, 3.05) is 51.7 Å². The maximum atomic E-state index is 13.2. The summed E-state index contributed by atoms with van der Waals surface area (Å²) in [6, 6.07) is 3.30. The number of amides is 2. The second kappa shape index (κ2) is 9.52. The molecule has 1 aromatic rings. The summed E-state index contributed by atoms with van der Waals surface area (Å²) in [5, 5.41) is 0. The fourth-order valence-electron chi connectivity index (χ4n) is 4.09. The molecule has 3 rings (SSSR count). The maximum Gasteiger partial charge on any atom is 0.410 e. The van der Waals surface area contributed by atoms with Gasteiger partial charge in [0.2, 0.25) is 15.9 Å². The van der Waals surface area contributed by atoms with E-state index < -0.39 is 15.6 Å². The van der Waals surface area contributed by atoms with Crippen LogP contribution in [0.2, 0.25) is 0 Å². The number of hydrogen-bond donors (Lipinski definition) is 0. The van der Waals surface area contributed by atoms with Crippen molar-refractivity contribution < 1.29 is 22.7 Å². The molecule has 0 aliphatic carbocycles. The molecule has 1 atom stereocenters. The summed E-state index contributed by atoms with van der Waals surface area (Å²) in [6.07, 6.45) is 0.333. The van der Waals surface area contributed by atoms with Crippen LogP contribution < -0.4 is 4.90 Å². The number of nitrogens with zero attached hydrogens (tertiary/aromatic N) is 4. The Morgan fingerprint density at radius 1 is 1.18 bits per heavy atom. The van der Waals surface area contributed by atoms with E-state index in [9.17, 15) is 18.0 Å². The maximum absolute atomic E-state index is 13.2. The number of piperazine rings is 1. The minimum Gasteiger partial charge on any atom is -0.444 e. The predicted molar refractivity (Wildman–Crippen MR) is 130 cm³/mol. The molecule has 11 heteroatoms. The number of rotatable bonds is 4. The van der Waals surface area contributed by atoms with Crippen LogP contribution >= 0.6 is 15.9 Å². The van der Waals surface area contributed by atoms with Crippen LogP contribution in [0.15, 0.2) is 21.5 Å². The smallest absolute Gasteiger partial charge is 0.410 e. The van der Waals surface area contributed by atoms with E-state index in [1.165, 1.54) is 14.1 Å². The highest BCUT2D eigenvalue weighted by Gasteiger charge is 2.34. The molecule has 0 N–H and O–H groups in total. The Kier molecular flexibility index (Phi) is 7.48. The quantitative estimate of drug-likeness (QED) is 0.578. The number of anilines is 1. The Hall–Kier alpha value is -1.69. The van der Waals surface area contributed by atoms with Gasteiger partial charge in [-0.05, 0) is 67.7 Å². The number of fused-ring (bicyclic) bond motifs is 1. The van der Waals surface area contributed by atoms with Gasteiger partial charge < -0.3 is 14.5 Å². The van der Waals surface area contributed by atoms with Crippen molar-refractivity contribution in [3.8, 4) is 0 Å². The van der Waals surface area contributed by atoms with Crippen molar-refractivity contribution in [2.45, 2.75) is 50.7 Å². The molecule has 1 fully saturated rings.